The number of piperidine rings is 1. The molecule has 7 heteroatoms. The average molecular weight is 420 g/mol. The van der Waals surface area contributed by atoms with Crippen LogP contribution in [0.15, 0.2) is 29.6 Å². The Hall–Kier alpha value is -1.92. The number of nitrogens with one attached hydrogen (secondary N) is 1. The normalized spacial score (nSPS) is 16.8. The highest BCUT2D eigenvalue weighted by Crippen LogP contribution is 2.22. The Bertz CT molecular complexity index is 823. The molecule has 0 saturated carbocycles. The monoisotopic (exact) mass is 419 g/mol. The minimum atomic E-state index is 0.0290. The van der Waals surface area contributed by atoms with Crippen molar-refractivity contribution in [2.24, 2.45) is 5.92 Å². The molecule has 2 aromatic rings. The molecule has 0 radical (unpaired) electrons. The molecular weight excluding hydrogens is 394 g/mol. The Balaban J connectivity index is 1.41. The van der Waals surface area contributed by atoms with E-state index in [0.29, 0.717) is 30.3 Å². The predicted molar refractivity (Wildman–Crippen MR) is 112 cm³/mol. The van der Waals surface area contributed by atoms with Crippen molar-refractivity contribution in [1.82, 2.24) is 15.2 Å². The first-order valence-electron chi connectivity index (χ1n) is 9.70. The zero-order chi connectivity index (χ0) is 19.9. The molecule has 1 atom stereocenters. The first-order chi connectivity index (χ1) is 13.5. The van der Waals surface area contributed by atoms with Crippen LogP contribution in [0, 0.1) is 12.8 Å². The second-order valence-electron chi connectivity index (χ2n) is 7.29. The fraction of sp³-hybridized carbons (Fsp3) is 0.476. The highest BCUT2D eigenvalue weighted by molar-refractivity contribution is 7.09. The number of aromatic nitrogens is 1. The minimum absolute atomic E-state index is 0.0290. The fourth-order valence-corrected chi connectivity index (χ4v) is 4.36. The number of amides is 2. The first kappa shape index (κ1) is 20.8. The number of hydrogen-bond acceptors (Lipinski definition) is 4. The van der Waals surface area contributed by atoms with E-state index >= 15 is 0 Å². The average Bonchev–Trinajstić information content (AvgIpc) is 3.10. The maximum atomic E-state index is 12.6. The van der Waals surface area contributed by atoms with Crippen LogP contribution >= 0.6 is 22.9 Å². The number of thiazole rings is 1. The van der Waals surface area contributed by atoms with Gasteiger partial charge in [-0.15, -0.1) is 11.3 Å². The topological polar surface area (TPSA) is 62.3 Å². The van der Waals surface area contributed by atoms with E-state index in [0.717, 1.165) is 48.6 Å². The summed E-state index contributed by atoms with van der Waals surface area (Å²) in [7, 11) is 0. The highest BCUT2D eigenvalue weighted by Gasteiger charge is 2.24. The largest absolute Gasteiger partial charge is 0.352 e. The summed E-state index contributed by atoms with van der Waals surface area (Å²) in [4.78, 5) is 31.1. The van der Waals surface area contributed by atoms with Gasteiger partial charge in [0.25, 0.3) is 0 Å². The Morgan fingerprint density at radius 2 is 2.18 bits per heavy atom. The van der Waals surface area contributed by atoms with Gasteiger partial charge in [-0.3, -0.25) is 9.59 Å². The van der Waals surface area contributed by atoms with E-state index in [1.54, 1.807) is 11.3 Å². The van der Waals surface area contributed by atoms with Crippen molar-refractivity contribution in [2.45, 2.75) is 45.6 Å². The van der Waals surface area contributed by atoms with Crippen LogP contribution in [0.25, 0.3) is 0 Å². The SMILES string of the molecule is Cc1nc(CC(=O)N2CCCC(CCC(=O)NCc3ccccc3Cl)C2)cs1. The van der Waals surface area contributed by atoms with Crippen LogP contribution in [0.4, 0.5) is 0 Å². The third-order valence-electron chi connectivity index (χ3n) is 5.08. The number of likely N-dealkylation sites (tertiary alicyclic amines) is 1. The number of aryl methyl sites for hydroxylation is 1. The second kappa shape index (κ2) is 10.0. The van der Waals surface area contributed by atoms with Crippen molar-refractivity contribution in [2.75, 3.05) is 13.1 Å². The van der Waals surface area contributed by atoms with Crippen molar-refractivity contribution >= 4 is 34.8 Å². The van der Waals surface area contributed by atoms with Crippen LogP contribution in [0.2, 0.25) is 5.02 Å². The van der Waals surface area contributed by atoms with Crippen molar-refractivity contribution in [1.29, 1.82) is 0 Å². The second-order valence-corrected chi connectivity index (χ2v) is 8.76. The Labute approximate surface area is 175 Å². The van der Waals surface area contributed by atoms with Crippen LogP contribution in [0.1, 0.15) is 41.9 Å². The molecule has 0 spiro atoms. The maximum Gasteiger partial charge on any atom is 0.228 e. The number of halogens is 1. The summed E-state index contributed by atoms with van der Waals surface area (Å²) < 4.78 is 0. The van der Waals surface area contributed by atoms with E-state index < -0.39 is 0 Å². The number of benzene rings is 1. The summed E-state index contributed by atoms with van der Waals surface area (Å²) in [5.41, 5.74) is 1.78. The summed E-state index contributed by atoms with van der Waals surface area (Å²) in [6, 6.07) is 7.52. The van der Waals surface area contributed by atoms with Crippen molar-refractivity contribution in [3.05, 3.63) is 50.9 Å². The molecule has 2 heterocycles. The fourth-order valence-electron chi connectivity index (χ4n) is 3.54. The molecule has 0 aliphatic carbocycles. The lowest BCUT2D eigenvalue weighted by Crippen LogP contribution is -2.41. The molecule has 1 aliphatic rings. The molecule has 1 N–H and O–H groups in total. The van der Waals surface area contributed by atoms with Crippen molar-refractivity contribution in [3.63, 3.8) is 0 Å². The van der Waals surface area contributed by atoms with E-state index in [-0.39, 0.29) is 11.8 Å². The van der Waals surface area contributed by atoms with Gasteiger partial charge in [0.05, 0.1) is 17.1 Å². The lowest BCUT2D eigenvalue weighted by molar-refractivity contribution is -0.132. The molecule has 1 aromatic carbocycles. The first-order valence-corrected chi connectivity index (χ1v) is 11.0. The Morgan fingerprint density at radius 3 is 2.93 bits per heavy atom. The molecule has 1 saturated heterocycles. The number of rotatable bonds is 7. The van der Waals surface area contributed by atoms with Crippen LogP contribution in [0.3, 0.4) is 0 Å². The molecule has 150 valence electrons. The van der Waals surface area contributed by atoms with Crippen LogP contribution in [-0.2, 0) is 22.6 Å². The molecular formula is C21H26ClN3O2S. The Kier molecular flexibility index (Phi) is 7.45. The van der Waals surface area contributed by atoms with Crippen LogP contribution in [0.5, 0.6) is 0 Å². The third-order valence-corrected chi connectivity index (χ3v) is 6.28. The number of carbonyl (C=O) groups excluding carboxylic acids is 2. The number of nitrogens with zero attached hydrogens (tertiary/aromatic N) is 2. The molecule has 2 amide bonds. The van der Waals surface area contributed by atoms with Gasteiger partial charge in [0, 0.05) is 36.5 Å². The van der Waals surface area contributed by atoms with E-state index in [2.05, 4.69) is 10.3 Å². The van der Waals surface area contributed by atoms with Gasteiger partial charge in [0.15, 0.2) is 0 Å². The third kappa shape index (κ3) is 6.04. The van der Waals surface area contributed by atoms with Gasteiger partial charge in [0.2, 0.25) is 11.8 Å². The molecule has 28 heavy (non-hydrogen) atoms. The maximum absolute atomic E-state index is 12.6. The quantitative estimate of drug-likeness (QED) is 0.738. The zero-order valence-electron chi connectivity index (χ0n) is 16.1. The van der Waals surface area contributed by atoms with Gasteiger partial charge in [-0.1, -0.05) is 29.8 Å². The molecule has 0 bridgehead atoms. The van der Waals surface area contributed by atoms with Gasteiger partial charge in [-0.25, -0.2) is 4.98 Å². The molecule has 1 aromatic heterocycles. The molecule has 5 nitrogen and oxygen atoms in total. The number of carbonyl (C=O) groups is 2. The predicted octanol–water partition coefficient (Wildman–Crippen LogP) is 3.98. The molecule has 1 unspecified atom stereocenters. The van der Waals surface area contributed by atoms with Crippen molar-refractivity contribution < 1.29 is 9.59 Å². The summed E-state index contributed by atoms with van der Waals surface area (Å²) >= 11 is 7.69. The van der Waals surface area contributed by atoms with E-state index in [1.165, 1.54) is 0 Å². The standard InChI is InChI=1S/C21H26ClN3O2S/c1-15-24-18(14-28-15)11-21(27)25-10-4-5-16(13-25)8-9-20(26)23-12-17-6-2-3-7-19(17)22/h2-3,6-7,14,16H,4-5,8-13H2,1H3,(H,23,26). The number of hydrogen-bond donors (Lipinski definition) is 1. The van der Waals surface area contributed by atoms with E-state index in [9.17, 15) is 9.59 Å². The zero-order valence-corrected chi connectivity index (χ0v) is 17.7. The van der Waals surface area contributed by atoms with E-state index in [1.807, 2.05) is 41.5 Å². The lowest BCUT2D eigenvalue weighted by Gasteiger charge is -2.32. The van der Waals surface area contributed by atoms with Gasteiger partial charge in [-0.05, 0) is 43.7 Å². The summed E-state index contributed by atoms with van der Waals surface area (Å²) in [6.45, 7) is 3.93. The summed E-state index contributed by atoms with van der Waals surface area (Å²) in [5, 5.41) is 6.55. The highest BCUT2D eigenvalue weighted by atomic mass is 35.5. The van der Waals surface area contributed by atoms with Gasteiger partial charge >= 0.3 is 0 Å². The smallest absolute Gasteiger partial charge is 0.228 e. The molecule has 3 rings (SSSR count). The van der Waals surface area contributed by atoms with Crippen LogP contribution in [-0.4, -0.2) is 34.8 Å². The van der Waals surface area contributed by atoms with E-state index in [4.69, 9.17) is 11.6 Å². The minimum Gasteiger partial charge on any atom is -0.352 e. The van der Waals surface area contributed by atoms with Crippen molar-refractivity contribution in [3.8, 4) is 0 Å². The van der Waals surface area contributed by atoms with Gasteiger partial charge in [-0.2, -0.15) is 0 Å². The molecule has 1 fully saturated rings. The summed E-state index contributed by atoms with van der Waals surface area (Å²) in [5.74, 6) is 0.542. The van der Waals surface area contributed by atoms with Gasteiger partial charge < -0.3 is 10.2 Å². The molecule has 1 aliphatic heterocycles. The summed E-state index contributed by atoms with van der Waals surface area (Å²) in [6.07, 6.45) is 3.71. The van der Waals surface area contributed by atoms with Gasteiger partial charge in [0.1, 0.15) is 0 Å². The van der Waals surface area contributed by atoms with Crippen LogP contribution < -0.4 is 5.32 Å². The Morgan fingerprint density at radius 1 is 1.36 bits per heavy atom. The lowest BCUT2D eigenvalue weighted by atomic mass is 9.93.